The lowest BCUT2D eigenvalue weighted by molar-refractivity contribution is -0.152. The number of esters is 1. The molecule has 0 aliphatic heterocycles. The van der Waals surface area contributed by atoms with E-state index in [1.54, 1.807) is 6.08 Å². The average molecular weight is 398 g/mol. The van der Waals surface area contributed by atoms with Gasteiger partial charge in [-0.15, -0.1) is 0 Å². The van der Waals surface area contributed by atoms with E-state index in [-0.39, 0.29) is 44.5 Å². The molecular weight excluding hydrogens is 372 g/mol. The molecule has 0 aromatic carbocycles. The number of allylic oxidation sites excluding steroid dienone is 1. The Morgan fingerprint density at radius 1 is 1.14 bits per heavy atom. The van der Waals surface area contributed by atoms with Crippen LogP contribution in [-0.4, -0.2) is 53.1 Å². The van der Waals surface area contributed by atoms with E-state index in [1.807, 2.05) is 0 Å². The third-order valence-corrected chi connectivity index (χ3v) is 4.25. The van der Waals surface area contributed by atoms with Crippen LogP contribution in [0.1, 0.15) is 46.5 Å². The number of ether oxygens (including phenoxy) is 3. The molecule has 0 spiro atoms. The first-order valence-electron chi connectivity index (χ1n) is 8.71. The number of carbonyl (C=O) groups is 4. The number of hydrogen-bond acceptors (Lipinski definition) is 7. The van der Waals surface area contributed by atoms with Crippen LogP contribution < -0.4 is 0 Å². The summed E-state index contributed by atoms with van der Waals surface area (Å²) in [6, 6.07) is 0. The Hall–Kier alpha value is -2.84. The highest BCUT2D eigenvalue weighted by atomic mass is 16.7. The summed E-state index contributed by atoms with van der Waals surface area (Å²) in [6.45, 7) is 7.55. The van der Waals surface area contributed by atoms with Crippen molar-refractivity contribution < 1.29 is 43.6 Å². The zero-order chi connectivity index (χ0) is 21.5. The quantitative estimate of drug-likeness (QED) is 0.260. The van der Waals surface area contributed by atoms with Gasteiger partial charge < -0.3 is 24.4 Å². The zero-order valence-corrected chi connectivity index (χ0v) is 16.3. The Bertz CT molecular complexity index is 694. The Balaban J connectivity index is 2.75. The summed E-state index contributed by atoms with van der Waals surface area (Å²) in [6.07, 6.45) is 0.714. The average Bonchev–Trinajstić information content (AvgIpc) is 2.55. The molecule has 1 aliphatic rings. The van der Waals surface area contributed by atoms with Crippen molar-refractivity contribution in [2.45, 2.75) is 52.1 Å². The Kier molecular flexibility index (Phi) is 7.78. The highest BCUT2D eigenvalue weighted by molar-refractivity contribution is 5.86. The normalized spacial score (nSPS) is 23.9. The molecule has 1 aliphatic carbocycles. The molecule has 2 unspecified atom stereocenters. The van der Waals surface area contributed by atoms with Crippen molar-refractivity contribution in [2.24, 2.45) is 5.41 Å². The van der Waals surface area contributed by atoms with Crippen LogP contribution in [0.5, 0.6) is 0 Å². The van der Waals surface area contributed by atoms with Gasteiger partial charge in [0.05, 0.1) is 5.41 Å². The monoisotopic (exact) mass is 398 g/mol. The fourth-order valence-electron chi connectivity index (χ4n) is 3.12. The van der Waals surface area contributed by atoms with E-state index in [0.29, 0.717) is 5.57 Å². The van der Waals surface area contributed by atoms with Gasteiger partial charge in [-0.3, -0.25) is 9.59 Å². The molecule has 0 saturated carbocycles. The molecule has 0 saturated heterocycles. The van der Waals surface area contributed by atoms with E-state index in [1.165, 1.54) is 20.8 Å². The highest BCUT2D eigenvalue weighted by Crippen LogP contribution is 2.43. The van der Waals surface area contributed by atoms with E-state index >= 15 is 0 Å². The van der Waals surface area contributed by atoms with Crippen molar-refractivity contribution in [3.63, 3.8) is 0 Å². The predicted octanol–water partition coefficient (Wildman–Crippen LogP) is 2.69. The van der Waals surface area contributed by atoms with Crippen molar-refractivity contribution in [2.75, 3.05) is 13.2 Å². The molecule has 156 valence electrons. The minimum atomic E-state index is -1.27. The first kappa shape index (κ1) is 23.2. The topological polar surface area (TPSA) is 136 Å². The number of hydrogen-bond donors (Lipinski definition) is 2. The van der Waals surface area contributed by atoms with Crippen LogP contribution in [0.4, 0.5) is 4.79 Å². The fraction of sp³-hybridized carbons (Fsp3) is 0.579. The molecule has 0 radical (unpaired) electrons. The molecule has 0 aromatic rings. The molecule has 0 fully saturated rings. The lowest BCUT2D eigenvalue weighted by Gasteiger charge is -2.39. The van der Waals surface area contributed by atoms with Gasteiger partial charge in [0.1, 0.15) is 18.8 Å². The molecule has 1 rings (SSSR count). The van der Waals surface area contributed by atoms with Gasteiger partial charge in [0.2, 0.25) is 0 Å². The van der Waals surface area contributed by atoms with Gasteiger partial charge in [-0.05, 0) is 39.7 Å². The van der Waals surface area contributed by atoms with Gasteiger partial charge >= 0.3 is 24.1 Å². The van der Waals surface area contributed by atoms with Crippen molar-refractivity contribution in [3.8, 4) is 0 Å². The van der Waals surface area contributed by atoms with Crippen molar-refractivity contribution in [1.29, 1.82) is 0 Å². The summed E-state index contributed by atoms with van der Waals surface area (Å²) < 4.78 is 15.0. The summed E-state index contributed by atoms with van der Waals surface area (Å²) >= 11 is 0. The maximum atomic E-state index is 12.0. The van der Waals surface area contributed by atoms with Gasteiger partial charge in [0.15, 0.2) is 0 Å². The second-order valence-electron chi connectivity index (χ2n) is 7.35. The second-order valence-corrected chi connectivity index (χ2v) is 7.35. The molecule has 0 heterocycles. The summed E-state index contributed by atoms with van der Waals surface area (Å²) in [7, 11) is 0. The Morgan fingerprint density at radius 2 is 1.75 bits per heavy atom. The maximum absolute atomic E-state index is 12.0. The molecule has 2 N–H and O–H groups in total. The highest BCUT2D eigenvalue weighted by Gasteiger charge is 2.46. The minimum absolute atomic E-state index is 0.00560. The van der Waals surface area contributed by atoms with Gasteiger partial charge in [0, 0.05) is 18.4 Å². The van der Waals surface area contributed by atoms with Crippen molar-refractivity contribution in [1.82, 2.24) is 0 Å². The minimum Gasteiger partial charge on any atom is -0.481 e. The van der Waals surface area contributed by atoms with Crippen LogP contribution in [0.25, 0.3) is 0 Å². The molecule has 9 nitrogen and oxygen atoms in total. The molecule has 0 bridgehead atoms. The first-order chi connectivity index (χ1) is 12.9. The molecular formula is C19H26O9. The zero-order valence-electron chi connectivity index (χ0n) is 16.3. The smallest absolute Gasteiger partial charge is 0.481 e. The van der Waals surface area contributed by atoms with Crippen molar-refractivity contribution in [3.05, 3.63) is 23.8 Å². The summed E-state index contributed by atoms with van der Waals surface area (Å²) in [5.41, 5.74) is -1.69. The first-order valence-corrected chi connectivity index (χ1v) is 8.71. The number of rotatable bonds is 9. The predicted molar refractivity (Wildman–Crippen MR) is 96.5 cm³/mol. The second kappa shape index (κ2) is 9.38. The standard InChI is InChI=1S/C19H26O9/c1-12(2)15(22)26-7-8-27-17(25)28-19(4)10-13(5-6-14(20)21)9-18(3,11-19)16(23)24/h10H,1,5-9,11H2,2-4H3,(H,20,21)(H,23,24). The number of carboxylic acid groups (broad SMARTS) is 2. The molecule has 0 aromatic heterocycles. The maximum Gasteiger partial charge on any atom is 0.509 e. The molecule has 28 heavy (non-hydrogen) atoms. The third kappa shape index (κ3) is 7.05. The van der Waals surface area contributed by atoms with Crippen LogP contribution in [0.15, 0.2) is 23.8 Å². The fourth-order valence-corrected chi connectivity index (χ4v) is 3.12. The van der Waals surface area contributed by atoms with Crippen LogP contribution in [0.3, 0.4) is 0 Å². The van der Waals surface area contributed by atoms with Gasteiger partial charge in [-0.2, -0.15) is 0 Å². The van der Waals surface area contributed by atoms with Gasteiger partial charge in [0.25, 0.3) is 0 Å². The van der Waals surface area contributed by atoms with Gasteiger partial charge in [-0.25, -0.2) is 9.59 Å². The van der Waals surface area contributed by atoms with E-state index < -0.39 is 35.1 Å². The number of aliphatic carboxylic acids is 2. The van der Waals surface area contributed by atoms with E-state index in [4.69, 9.17) is 19.3 Å². The SMILES string of the molecule is C=C(C)C(=O)OCCOC(=O)OC1(C)C=C(CCC(=O)O)CC(C)(C(=O)O)C1. The third-order valence-electron chi connectivity index (χ3n) is 4.25. The largest absolute Gasteiger partial charge is 0.509 e. The van der Waals surface area contributed by atoms with E-state index in [2.05, 4.69) is 6.58 Å². The van der Waals surface area contributed by atoms with Crippen LogP contribution in [-0.2, 0) is 28.6 Å². The number of carbonyl (C=O) groups excluding carboxylic acids is 2. The lowest BCUT2D eigenvalue weighted by Crippen LogP contribution is -2.43. The van der Waals surface area contributed by atoms with Crippen LogP contribution in [0, 0.1) is 5.41 Å². The van der Waals surface area contributed by atoms with Crippen molar-refractivity contribution >= 4 is 24.1 Å². The Morgan fingerprint density at radius 3 is 2.29 bits per heavy atom. The summed E-state index contributed by atoms with van der Waals surface area (Å²) in [5, 5.41) is 18.4. The Labute approximate surface area is 162 Å². The van der Waals surface area contributed by atoms with E-state index in [9.17, 15) is 24.3 Å². The summed E-state index contributed by atoms with van der Waals surface area (Å²) in [4.78, 5) is 45.7. The van der Waals surface area contributed by atoms with E-state index in [0.717, 1.165) is 0 Å². The van der Waals surface area contributed by atoms with Crippen LogP contribution in [0.2, 0.25) is 0 Å². The lowest BCUT2D eigenvalue weighted by atomic mass is 9.69. The molecule has 9 heteroatoms. The molecule has 0 amide bonds. The molecule has 2 atom stereocenters. The van der Waals surface area contributed by atoms with Crippen LogP contribution >= 0.6 is 0 Å². The number of carboxylic acids is 2. The summed E-state index contributed by atoms with van der Waals surface area (Å²) in [5.74, 6) is -2.68. The van der Waals surface area contributed by atoms with Gasteiger partial charge in [-0.1, -0.05) is 12.2 Å².